The molecule has 1 N–H and O–H groups in total. The molecule has 0 bridgehead atoms. The van der Waals surface area contributed by atoms with E-state index in [2.05, 4.69) is 0 Å². The van der Waals surface area contributed by atoms with Crippen molar-refractivity contribution in [2.24, 2.45) is 0 Å². The van der Waals surface area contributed by atoms with Gasteiger partial charge in [-0.1, -0.05) is 0 Å². The molecule has 0 spiro atoms. The number of amides is 1. The largest absolute Gasteiger partial charge is 0.475 e. The first-order valence-corrected chi connectivity index (χ1v) is 9.45. The normalized spacial score (nSPS) is 24.8. The number of carboxylic acids is 1. The Morgan fingerprint density at radius 2 is 2.04 bits per heavy atom. The summed E-state index contributed by atoms with van der Waals surface area (Å²) in [5, 5.41) is 8.43. The molecule has 2 fully saturated rings. The molecule has 1 aromatic rings. The number of carboxylic acid groups (broad SMARTS) is 1. The van der Waals surface area contributed by atoms with Crippen LogP contribution in [0.3, 0.4) is 0 Å². The summed E-state index contributed by atoms with van der Waals surface area (Å²) in [6, 6.07) is 1.40. The Balaban J connectivity index is 1.80. The fourth-order valence-electron chi connectivity index (χ4n) is 3.30. The molecule has 1 aromatic heterocycles. The van der Waals surface area contributed by atoms with Crippen molar-refractivity contribution < 1.29 is 32.3 Å². The van der Waals surface area contributed by atoms with Crippen molar-refractivity contribution in [1.82, 2.24) is 9.21 Å². The quantitative estimate of drug-likeness (QED) is 0.794. The Hall–Kier alpha value is -1.91. The number of carbonyl (C=O) groups excluding carboxylic acids is 1. The minimum absolute atomic E-state index is 0.0291. The molecule has 2 saturated heterocycles. The molecule has 3 heterocycles. The van der Waals surface area contributed by atoms with Crippen LogP contribution in [0.15, 0.2) is 21.6 Å². The number of carbonyl (C=O) groups is 2. The predicted molar refractivity (Wildman–Crippen MR) is 84.6 cm³/mol. The van der Waals surface area contributed by atoms with Crippen LogP contribution in [0.25, 0.3) is 0 Å². The van der Waals surface area contributed by atoms with Crippen LogP contribution >= 0.6 is 0 Å². The predicted octanol–water partition coefficient (Wildman–Crippen LogP) is 0.378. The molecule has 9 nitrogen and oxygen atoms in total. The Morgan fingerprint density at radius 1 is 1.28 bits per heavy atom. The highest BCUT2D eigenvalue weighted by atomic mass is 32.2. The molecule has 0 aromatic carbocycles. The minimum Gasteiger partial charge on any atom is -0.475 e. The van der Waals surface area contributed by atoms with E-state index >= 15 is 0 Å². The lowest BCUT2D eigenvalue weighted by atomic mass is 10.2. The van der Waals surface area contributed by atoms with E-state index in [9.17, 15) is 18.0 Å². The van der Waals surface area contributed by atoms with Gasteiger partial charge in [0.25, 0.3) is 10.0 Å². The Kier molecular flexibility index (Phi) is 4.85. The maximum atomic E-state index is 12.8. The highest BCUT2D eigenvalue weighted by Crippen LogP contribution is 2.29. The van der Waals surface area contributed by atoms with Crippen LogP contribution in [0.1, 0.15) is 29.8 Å². The maximum Gasteiger partial charge on any atom is 0.371 e. The van der Waals surface area contributed by atoms with Gasteiger partial charge in [0.05, 0.1) is 6.10 Å². The molecule has 10 heteroatoms. The number of hydrogen-bond acceptors (Lipinski definition) is 6. The van der Waals surface area contributed by atoms with E-state index in [1.807, 2.05) is 0 Å². The minimum atomic E-state index is -4.07. The van der Waals surface area contributed by atoms with E-state index in [0.717, 1.165) is 22.9 Å². The lowest BCUT2D eigenvalue weighted by Crippen LogP contribution is -2.47. The van der Waals surface area contributed by atoms with E-state index < -0.39 is 32.9 Å². The molecule has 25 heavy (non-hydrogen) atoms. The van der Waals surface area contributed by atoms with E-state index in [4.69, 9.17) is 14.3 Å². The second-order valence-corrected chi connectivity index (χ2v) is 7.95. The number of hydrogen-bond donors (Lipinski definition) is 1. The highest BCUT2D eigenvalue weighted by Gasteiger charge is 2.43. The van der Waals surface area contributed by atoms with Crippen LogP contribution in [0.5, 0.6) is 0 Å². The second kappa shape index (κ2) is 6.77. The summed E-state index contributed by atoms with van der Waals surface area (Å²) < 4.78 is 36.8. The average molecular weight is 372 g/mol. The molecular formula is C15H20N2O7S. The SMILES string of the molecule is CO[C@H]1CCN(C(=O)C2CCCN2S(=O)(=O)c2ccc(C(=O)O)o2)C1. The molecular weight excluding hydrogens is 352 g/mol. The fraction of sp³-hybridized carbons (Fsp3) is 0.600. The third-order valence-electron chi connectivity index (χ3n) is 4.63. The number of methoxy groups -OCH3 is 1. The summed E-state index contributed by atoms with van der Waals surface area (Å²) in [5.41, 5.74) is 0. The number of furan rings is 1. The van der Waals surface area contributed by atoms with Crippen LogP contribution in [0, 0.1) is 0 Å². The van der Waals surface area contributed by atoms with Crippen LogP contribution < -0.4 is 0 Å². The molecule has 0 aliphatic carbocycles. The smallest absolute Gasteiger partial charge is 0.371 e. The van der Waals surface area contributed by atoms with Crippen molar-refractivity contribution >= 4 is 21.9 Å². The summed E-state index contributed by atoms with van der Waals surface area (Å²) in [7, 11) is -2.48. The second-order valence-electron chi connectivity index (χ2n) is 6.13. The van der Waals surface area contributed by atoms with Gasteiger partial charge in [-0.15, -0.1) is 0 Å². The first-order valence-electron chi connectivity index (χ1n) is 8.01. The molecule has 0 radical (unpaired) electrons. The Morgan fingerprint density at radius 3 is 2.64 bits per heavy atom. The van der Waals surface area contributed by atoms with Gasteiger partial charge in [-0.3, -0.25) is 4.79 Å². The lowest BCUT2D eigenvalue weighted by molar-refractivity contribution is -0.134. The Bertz CT molecular complexity index is 773. The van der Waals surface area contributed by atoms with Gasteiger partial charge in [-0.05, 0) is 31.4 Å². The summed E-state index contributed by atoms with van der Waals surface area (Å²) in [6.45, 7) is 1.18. The van der Waals surface area contributed by atoms with Gasteiger partial charge in [-0.2, -0.15) is 4.31 Å². The Labute approximate surface area is 145 Å². The molecule has 138 valence electrons. The van der Waals surface area contributed by atoms with Crippen molar-refractivity contribution in [2.75, 3.05) is 26.7 Å². The number of rotatable bonds is 5. The number of aromatic carboxylic acids is 1. The van der Waals surface area contributed by atoms with E-state index in [0.29, 0.717) is 25.9 Å². The fourth-order valence-corrected chi connectivity index (χ4v) is 4.86. The van der Waals surface area contributed by atoms with Crippen LogP contribution in [0.4, 0.5) is 0 Å². The standard InChI is InChI=1S/C15H20N2O7S/c1-23-10-6-8-16(9-10)14(18)11-3-2-7-17(11)25(21,22)13-5-4-12(24-13)15(19)20/h4-5,10-11H,2-3,6-9H2,1H3,(H,19,20)/t10-,11?/m0/s1. The van der Waals surface area contributed by atoms with Gasteiger partial charge in [-0.25, -0.2) is 13.2 Å². The van der Waals surface area contributed by atoms with E-state index in [1.54, 1.807) is 12.0 Å². The van der Waals surface area contributed by atoms with Crippen molar-refractivity contribution in [3.63, 3.8) is 0 Å². The lowest BCUT2D eigenvalue weighted by Gasteiger charge is -2.26. The van der Waals surface area contributed by atoms with Crippen LogP contribution in [-0.2, 0) is 19.6 Å². The summed E-state index contributed by atoms with van der Waals surface area (Å²) in [5.74, 6) is -2.05. The molecule has 0 saturated carbocycles. The number of nitrogens with zero attached hydrogens (tertiary/aromatic N) is 2. The maximum absolute atomic E-state index is 12.8. The van der Waals surface area contributed by atoms with Crippen molar-refractivity contribution in [1.29, 1.82) is 0 Å². The highest BCUT2D eigenvalue weighted by molar-refractivity contribution is 7.89. The topological polar surface area (TPSA) is 117 Å². The van der Waals surface area contributed by atoms with Gasteiger partial charge >= 0.3 is 5.97 Å². The molecule has 2 aliphatic rings. The first-order chi connectivity index (χ1) is 11.8. The van der Waals surface area contributed by atoms with E-state index in [-0.39, 0.29) is 18.6 Å². The monoisotopic (exact) mass is 372 g/mol. The zero-order chi connectivity index (χ0) is 18.2. The molecule has 1 amide bonds. The van der Waals surface area contributed by atoms with Crippen molar-refractivity contribution in [3.8, 4) is 0 Å². The van der Waals surface area contributed by atoms with Crippen molar-refractivity contribution in [3.05, 3.63) is 17.9 Å². The molecule has 2 aliphatic heterocycles. The molecule has 2 atom stereocenters. The van der Waals surface area contributed by atoms with Crippen LogP contribution in [0.2, 0.25) is 0 Å². The molecule has 3 rings (SSSR count). The van der Waals surface area contributed by atoms with Gasteiger partial charge in [0.15, 0.2) is 0 Å². The summed E-state index contributed by atoms with van der Waals surface area (Å²) in [6.07, 6.45) is 1.68. The van der Waals surface area contributed by atoms with Gasteiger partial charge in [0.2, 0.25) is 16.8 Å². The number of ether oxygens (including phenoxy) is 1. The average Bonchev–Trinajstić information content (AvgIpc) is 3.33. The zero-order valence-electron chi connectivity index (χ0n) is 13.8. The summed E-state index contributed by atoms with van der Waals surface area (Å²) in [4.78, 5) is 25.3. The number of sulfonamides is 1. The zero-order valence-corrected chi connectivity index (χ0v) is 14.6. The third kappa shape index (κ3) is 3.29. The summed E-state index contributed by atoms with van der Waals surface area (Å²) >= 11 is 0. The third-order valence-corrected chi connectivity index (χ3v) is 6.42. The van der Waals surface area contributed by atoms with Gasteiger partial charge in [0.1, 0.15) is 6.04 Å². The van der Waals surface area contributed by atoms with Crippen molar-refractivity contribution in [2.45, 2.75) is 36.5 Å². The van der Waals surface area contributed by atoms with Gasteiger partial charge in [0, 0.05) is 26.7 Å². The number of likely N-dealkylation sites (tertiary alicyclic amines) is 1. The van der Waals surface area contributed by atoms with E-state index in [1.165, 1.54) is 0 Å². The van der Waals surface area contributed by atoms with Crippen LogP contribution in [-0.4, -0.2) is 73.5 Å². The first kappa shape index (κ1) is 17.9. The van der Waals surface area contributed by atoms with Gasteiger partial charge < -0.3 is 19.2 Å². The molecule has 1 unspecified atom stereocenters.